The van der Waals surface area contributed by atoms with Crippen molar-refractivity contribution >= 4 is 28.7 Å². The Kier molecular flexibility index (Phi) is 5.98. The molecule has 12 heteroatoms. The van der Waals surface area contributed by atoms with E-state index in [0.29, 0.717) is 30.0 Å². The van der Waals surface area contributed by atoms with Crippen molar-refractivity contribution < 1.29 is 18.0 Å². The number of ketones is 1. The van der Waals surface area contributed by atoms with Crippen molar-refractivity contribution in [3.63, 3.8) is 0 Å². The van der Waals surface area contributed by atoms with Crippen molar-refractivity contribution in [2.24, 2.45) is 13.0 Å². The Balaban J connectivity index is 1.34. The molecule has 34 heavy (non-hydrogen) atoms. The van der Waals surface area contributed by atoms with Gasteiger partial charge in [-0.05, 0) is 36.6 Å². The van der Waals surface area contributed by atoms with Crippen LogP contribution in [0.1, 0.15) is 41.3 Å². The lowest BCUT2D eigenvalue weighted by Gasteiger charge is -2.21. The number of halogens is 4. The number of aryl methyl sites for hydroxylation is 2. The largest absolute Gasteiger partial charge is 0.292 e. The van der Waals surface area contributed by atoms with Crippen molar-refractivity contribution in [3.8, 4) is 22.0 Å². The third kappa shape index (κ3) is 4.25. The van der Waals surface area contributed by atoms with E-state index in [0.717, 1.165) is 29.1 Å². The predicted octanol–water partition coefficient (Wildman–Crippen LogP) is 5.37. The van der Waals surface area contributed by atoms with Gasteiger partial charge in [0.05, 0.1) is 11.8 Å². The fourth-order valence-corrected chi connectivity index (χ4v) is 5.27. The van der Waals surface area contributed by atoms with Crippen LogP contribution in [0.4, 0.5) is 13.2 Å². The number of nitrogens with zero attached hydrogens (tertiary/aromatic N) is 6. The Morgan fingerprint density at radius 3 is 2.74 bits per heavy atom. The highest BCUT2D eigenvalue weighted by Gasteiger charge is 2.29. The van der Waals surface area contributed by atoms with Crippen molar-refractivity contribution in [1.29, 1.82) is 0 Å². The normalized spacial score (nSPS) is 15.6. The average Bonchev–Trinajstić information content (AvgIpc) is 3.50. The summed E-state index contributed by atoms with van der Waals surface area (Å²) in [4.78, 5) is 21.8. The quantitative estimate of drug-likeness (QED) is 0.329. The summed E-state index contributed by atoms with van der Waals surface area (Å²) in [7, 11) is 1.63. The zero-order valence-electron chi connectivity index (χ0n) is 17.9. The molecule has 0 spiro atoms. The van der Waals surface area contributed by atoms with Crippen molar-refractivity contribution in [2.45, 2.75) is 32.2 Å². The summed E-state index contributed by atoms with van der Waals surface area (Å²) in [6, 6.07) is 5.99. The summed E-state index contributed by atoms with van der Waals surface area (Å²) < 4.78 is 42.6. The van der Waals surface area contributed by atoms with Gasteiger partial charge in [0, 0.05) is 32.0 Å². The van der Waals surface area contributed by atoms with Crippen LogP contribution < -0.4 is 0 Å². The second kappa shape index (κ2) is 8.95. The third-order valence-corrected chi connectivity index (χ3v) is 7.11. The molecule has 0 saturated carbocycles. The minimum atomic E-state index is -2.80. The first-order valence-corrected chi connectivity index (χ1v) is 11.7. The topological polar surface area (TPSA) is 78.5 Å². The summed E-state index contributed by atoms with van der Waals surface area (Å²) in [5, 5.41) is 8.90. The van der Waals surface area contributed by atoms with Gasteiger partial charge < -0.3 is 0 Å². The maximum Gasteiger partial charge on any atom is 0.282 e. The zero-order chi connectivity index (χ0) is 24.0. The monoisotopic (exact) mass is 506 g/mol. The number of Topliss-reactive ketones (excluding diaryl/α,β-unsaturated/α-hetero) is 1. The van der Waals surface area contributed by atoms with Gasteiger partial charge in [-0.1, -0.05) is 11.6 Å². The minimum absolute atomic E-state index is 0.0320. The van der Waals surface area contributed by atoms with Gasteiger partial charge in [-0.3, -0.25) is 9.48 Å². The fraction of sp³-hybridized carbons (Fsp3) is 0.318. The van der Waals surface area contributed by atoms with Crippen LogP contribution in [0.3, 0.4) is 0 Å². The van der Waals surface area contributed by atoms with Crippen molar-refractivity contribution in [3.05, 3.63) is 57.8 Å². The van der Waals surface area contributed by atoms with Gasteiger partial charge in [-0.15, -0.1) is 11.3 Å². The van der Waals surface area contributed by atoms with Gasteiger partial charge in [-0.2, -0.15) is 10.2 Å². The Labute approximate surface area is 201 Å². The molecule has 1 atom stereocenters. The van der Waals surface area contributed by atoms with Crippen LogP contribution in [0.2, 0.25) is 4.34 Å². The molecule has 0 fully saturated rings. The second-order valence-corrected chi connectivity index (χ2v) is 9.68. The molecule has 3 aromatic heterocycles. The number of hydrogen-bond acceptors (Lipinski definition) is 6. The van der Waals surface area contributed by atoms with E-state index < -0.39 is 12.1 Å². The molecule has 0 saturated heterocycles. The van der Waals surface area contributed by atoms with Gasteiger partial charge in [0.25, 0.3) is 6.43 Å². The molecule has 0 aliphatic carbocycles. The van der Waals surface area contributed by atoms with Gasteiger partial charge >= 0.3 is 0 Å². The van der Waals surface area contributed by atoms with E-state index in [4.69, 9.17) is 11.6 Å². The average molecular weight is 507 g/mol. The van der Waals surface area contributed by atoms with E-state index in [-0.39, 0.29) is 33.3 Å². The Bertz CT molecular complexity index is 1360. The Morgan fingerprint density at radius 2 is 2.03 bits per heavy atom. The summed E-state index contributed by atoms with van der Waals surface area (Å²) >= 11 is 6.82. The molecule has 5 rings (SSSR count). The first-order valence-electron chi connectivity index (χ1n) is 10.5. The highest BCUT2D eigenvalue weighted by molar-refractivity contribution is 7.19. The van der Waals surface area contributed by atoms with Crippen LogP contribution in [0, 0.1) is 11.7 Å². The Morgan fingerprint density at radius 1 is 1.26 bits per heavy atom. The molecule has 1 aliphatic rings. The number of carbonyl (C=O) groups is 1. The molecule has 4 aromatic rings. The van der Waals surface area contributed by atoms with E-state index in [1.807, 2.05) is 4.68 Å². The summed E-state index contributed by atoms with van der Waals surface area (Å²) in [5.41, 5.74) is 0.933. The smallest absolute Gasteiger partial charge is 0.282 e. The summed E-state index contributed by atoms with van der Waals surface area (Å²) in [6.07, 6.45) is 0.186. The van der Waals surface area contributed by atoms with Gasteiger partial charge in [-0.25, -0.2) is 27.8 Å². The maximum absolute atomic E-state index is 13.2. The maximum atomic E-state index is 13.2. The lowest BCUT2D eigenvalue weighted by atomic mass is 9.91. The van der Waals surface area contributed by atoms with Gasteiger partial charge in [0.2, 0.25) is 0 Å². The van der Waals surface area contributed by atoms with Crippen LogP contribution in [0.15, 0.2) is 30.5 Å². The number of benzene rings is 1. The Hall–Kier alpha value is -3.05. The molecule has 4 heterocycles. The molecule has 0 radical (unpaired) electrons. The van der Waals surface area contributed by atoms with E-state index in [9.17, 15) is 18.0 Å². The number of carbonyl (C=O) groups excluding carboxylic acids is 1. The number of fused-ring (bicyclic) bond motifs is 1. The van der Waals surface area contributed by atoms with Crippen molar-refractivity contribution in [2.75, 3.05) is 0 Å². The molecular weight excluding hydrogens is 489 g/mol. The zero-order valence-corrected chi connectivity index (χ0v) is 19.5. The molecule has 1 aromatic carbocycles. The van der Waals surface area contributed by atoms with Crippen LogP contribution in [0.25, 0.3) is 22.0 Å². The van der Waals surface area contributed by atoms with Gasteiger partial charge in [0.1, 0.15) is 32.4 Å². The number of aromatic nitrogens is 6. The number of rotatable bonds is 6. The highest BCUT2D eigenvalue weighted by Crippen LogP contribution is 2.38. The SMILES string of the molecule is Cn1ncc(-c2nc(C(F)F)c(Cl)s2)c1C(=O)CC1CCn2nc(-c3ccc(F)cc3)nc2C1. The molecule has 0 bridgehead atoms. The lowest BCUT2D eigenvalue weighted by Crippen LogP contribution is -2.23. The fourth-order valence-electron chi connectivity index (χ4n) is 4.11. The molecule has 1 aliphatic heterocycles. The number of alkyl halides is 2. The first kappa shape index (κ1) is 22.7. The summed E-state index contributed by atoms with van der Waals surface area (Å²) in [5.74, 6) is 0.834. The molecule has 1 unspecified atom stereocenters. The molecule has 7 nitrogen and oxygen atoms in total. The highest BCUT2D eigenvalue weighted by atomic mass is 35.5. The van der Waals surface area contributed by atoms with Crippen molar-refractivity contribution in [1.82, 2.24) is 29.5 Å². The standard InChI is InChI=1S/C22H18ClF3N6OS/c1-31-18(14(10-27-31)22-29-17(20(25)26)19(23)34-22)15(33)8-11-6-7-32-16(9-11)28-21(30-32)12-2-4-13(24)5-3-12/h2-5,10-11,20H,6-9H2,1H3. The van der Waals surface area contributed by atoms with Crippen LogP contribution >= 0.6 is 22.9 Å². The molecular formula is C22H18ClF3N6OS. The van der Waals surface area contributed by atoms with Crippen LogP contribution in [-0.2, 0) is 20.0 Å². The van der Waals surface area contributed by atoms with Crippen LogP contribution in [0.5, 0.6) is 0 Å². The van der Waals surface area contributed by atoms with Gasteiger partial charge in [0.15, 0.2) is 11.6 Å². The first-order chi connectivity index (χ1) is 16.3. The third-order valence-electron chi connectivity index (χ3n) is 5.79. The summed E-state index contributed by atoms with van der Waals surface area (Å²) in [6.45, 7) is 0.611. The molecule has 176 valence electrons. The molecule has 0 N–H and O–H groups in total. The van der Waals surface area contributed by atoms with E-state index >= 15 is 0 Å². The number of thiazole rings is 1. The van der Waals surface area contributed by atoms with E-state index in [2.05, 4.69) is 20.2 Å². The van der Waals surface area contributed by atoms with E-state index in [1.54, 1.807) is 19.2 Å². The second-order valence-electron chi connectivity index (χ2n) is 8.08. The number of hydrogen-bond donors (Lipinski definition) is 0. The predicted molar refractivity (Wildman–Crippen MR) is 120 cm³/mol. The lowest BCUT2D eigenvalue weighted by molar-refractivity contribution is 0.0944. The van der Waals surface area contributed by atoms with E-state index in [1.165, 1.54) is 23.0 Å². The minimum Gasteiger partial charge on any atom is -0.292 e. The van der Waals surface area contributed by atoms with Crippen LogP contribution in [-0.4, -0.2) is 35.3 Å². The molecule has 0 amide bonds.